The Morgan fingerprint density at radius 2 is 2.12 bits per heavy atom. The lowest BCUT2D eigenvalue weighted by molar-refractivity contribution is 0.865. The summed E-state index contributed by atoms with van der Waals surface area (Å²) in [7, 11) is 0. The van der Waals surface area contributed by atoms with Crippen molar-refractivity contribution >= 4 is 27.7 Å². The van der Waals surface area contributed by atoms with Gasteiger partial charge in [0.15, 0.2) is 0 Å². The summed E-state index contributed by atoms with van der Waals surface area (Å²) in [6.45, 7) is 4.25. The number of aryl methyl sites for hydroxylation is 1. The Morgan fingerprint density at radius 1 is 1.24 bits per heavy atom. The number of benzene rings is 1. The summed E-state index contributed by atoms with van der Waals surface area (Å²) < 4.78 is 0. The van der Waals surface area contributed by atoms with Crippen molar-refractivity contribution in [1.29, 1.82) is 0 Å². The monoisotopic (exact) mass is 242 g/mol. The SMILES string of the molecule is Cc1ccc2nc(C3=NC(C)CS3)ccc2c1. The van der Waals surface area contributed by atoms with Crippen molar-refractivity contribution in [2.24, 2.45) is 4.99 Å². The summed E-state index contributed by atoms with van der Waals surface area (Å²) >= 11 is 1.80. The van der Waals surface area contributed by atoms with Crippen molar-refractivity contribution in [1.82, 2.24) is 4.98 Å². The summed E-state index contributed by atoms with van der Waals surface area (Å²) in [5.41, 5.74) is 3.33. The van der Waals surface area contributed by atoms with E-state index in [-0.39, 0.29) is 0 Å². The van der Waals surface area contributed by atoms with Crippen molar-refractivity contribution in [3.63, 3.8) is 0 Å². The van der Waals surface area contributed by atoms with Crippen LogP contribution < -0.4 is 0 Å². The minimum absolute atomic E-state index is 0.422. The maximum atomic E-state index is 4.68. The van der Waals surface area contributed by atoms with E-state index in [2.05, 4.69) is 54.2 Å². The average molecular weight is 242 g/mol. The van der Waals surface area contributed by atoms with E-state index in [1.54, 1.807) is 11.8 Å². The second-order valence-electron chi connectivity index (χ2n) is 4.49. The predicted molar refractivity (Wildman–Crippen MR) is 74.9 cm³/mol. The molecule has 0 spiro atoms. The number of aromatic nitrogens is 1. The Kier molecular flexibility index (Phi) is 2.63. The van der Waals surface area contributed by atoms with Gasteiger partial charge in [0, 0.05) is 11.1 Å². The molecule has 2 aromatic rings. The molecule has 0 amide bonds. The molecule has 2 heterocycles. The molecule has 0 fully saturated rings. The Bertz CT molecular complexity index is 604. The first-order valence-electron chi connectivity index (χ1n) is 5.81. The third-order valence-corrected chi connectivity index (χ3v) is 4.10. The maximum Gasteiger partial charge on any atom is 0.117 e. The van der Waals surface area contributed by atoms with Crippen LogP contribution in [0.15, 0.2) is 35.3 Å². The molecule has 2 nitrogen and oxygen atoms in total. The molecular weight excluding hydrogens is 228 g/mol. The number of rotatable bonds is 1. The van der Waals surface area contributed by atoms with Gasteiger partial charge in [0.05, 0.1) is 17.3 Å². The quantitative estimate of drug-likeness (QED) is 0.765. The first-order valence-corrected chi connectivity index (χ1v) is 6.79. The Balaban J connectivity index is 2.08. The number of hydrogen-bond donors (Lipinski definition) is 0. The van der Waals surface area contributed by atoms with Gasteiger partial charge in [0.1, 0.15) is 5.04 Å². The summed E-state index contributed by atoms with van der Waals surface area (Å²) in [6, 6.07) is 11.0. The highest BCUT2D eigenvalue weighted by Gasteiger charge is 2.16. The summed E-state index contributed by atoms with van der Waals surface area (Å²) in [6.07, 6.45) is 0. The molecule has 0 N–H and O–H groups in total. The molecule has 1 unspecified atom stereocenters. The fourth-order valence-corrected chi connectivity index (χ4v) is 2.97. The van der Waals surface area contributed by atoms with Gasteiger partial charge in [-0.2, -0.15) is 0 Å². The molecule has 1 aliphatic rings. The summed E-state index contributed by atoms with van der Waals surface area (Å²) in [5.74, 6) is 1.07. The van der Waals surface area contributed by atoms with Crippen LogP contribution in [0.1, 0.15) is 18.2 Å². The maximum absolute atomic E-state index is 4.68. The third-order valence-electron chi connectivity index (χ3n) is 2.86. The zero-order chi connectivity index (χ0) is 11.8. The summed E-state index contributed by atoms with van der Waals surface area (Å²) in [5, 5.41) is 2.28. The first-order chi connectivity index (χ1) is 8.22. The predicted octanol–water partition coefficient (Wildman–Crippen LogP) is 3.43. The number of fused-ring (bicyclic) bond motifs is 1. The van der Waals surface area contributed by atoms with Crippen molar-refractivity contribution in [3.05, 3.63) is 41.6 Å². The second-order valence-corrected chi connectivity index (χ2v) is 5.50. The molecule has 86 valence electrons. The van der Waals surface area contributed by atoms with Gasteiger partial charge in [-0.3, -0.25) is 4.99 Å². The van der Waals surface area contributed by atoms with Gasteiger partial charge < -0.3 is 0 Å². The Labute approximate surface area is 105 Å². The van der Waals surface area contributed by atoms with Crippen LogP contribution in [0.3, 0.4) is 0 Å². The lowest BCUT2D eigenvalue weighted by Crippen LogP contribution is -1.96. The van der Waals surface area contributed by atoms with Gasteiger partial charge in [0.2, 0.25) is 0 Å². The highest BCUT2D eigenvalue weighted by Crippen LogP contribution is 2.23. The van der Waals surface area contributed by atoms with Crippen LogP contribution in [-0.2, 0) is 0 Å². The summed E-state index contributed by atoms with van der Waals surface area (Å²) in [4.78, 5) is 9.28. The van der Waals surface area contributed by atoms with E-state index in [0.29, 0.717) is 6.04 Å². The lowest BCUT2D eigenvalue weighted by Gasteiger charge is -2.02. The molecule has 0 radical (unpaired) electrons. The van der Waals surface area contributed by atoms with Crippen molar-refractivity contribution < 1.29 is 0 Å². The van der Waals surface area contributed by atoms with Gasteiger partial charge in [-0.25, -0.2) is 4.98 Å². The van der Waals surface area contributed by atoms with Gasteiger partial charge >= 0.3 is 0 Å². The van der Waals surface area contributed by atoms with Gasteiger partial charge in [0.25, 0.3) is 0 Å². The zero-order valence-corrected chi connectivity index (χ0v) is 10.8. The average Bonchev–Trinajstić information content (AvgIpc) is 2.75. The molecule has 0 saturated heterocycles. The van der Waals surface area contributed by atoms with Crippen molar-refractivity contribution in [2.45, 2.75) is 19.9 Å². The highest BCUT2D eigenvalue weighted by molar-refractivity contribution is 8.14. The molecule has 1 aromatic heterocycles. The van der Waals surface area contributed by atoms with Crippen LogP contribution in [0.5, 0.6) is 0 Å². The molecule has 1 aromatic carbocycles. The molecule has 0 bridgehead atoms. The van der Waals surface area contributed by atoms with Crippen molar-refractivity contribution in [2.75, 3.05) is 5.75 Å². The fourth-order valence-electron chi connectivity index (χ4n) is 1.98. The van der Waals surface area contributed by atoms with Crippen molar-refractivity contribution in [3.8, 4) is 0 Å². The van der Waals surface area contributed by atoms with Gasteiger partial charge in [-0.15, -0.1) is 11.8 Å². The number of aliphatic imine (C=N–C) groups is 1. The molecule has 1 atom stereocenters. The van der Waals surface area contributed by atoms with E-state index in [9.17, 15) is 0 Å². The number of nitrogens with zero attached hydrogens (tertiary/aromatic N) is 2. The van der Waals surface area contributed by atoms with E-state index in [0.717, 1.165) is 22.0 Å². The van der Waals surface area contributed by atoms with Gasteiger partial charge in [-0.05, 0) is 32.0 Å². The largest absolute Gasteiger partial charge is 0.272 e. The standard InChI is InChI=1S/C14H14N2S/c1-9-3-5-12-11(7-9)4-6-13(16-12)14-15-10(2)8-17-14/h3-7,10H,8H2,1-2H3. The normalized spacial score (nSPS) is 19.6. The topological polar surface area (TPSA) is 25.2 Å². The van der Waals surface area contributed by atoms with Crippen LogP contribution in [0.4, 0.5) is 0 Å². The first kappa shape index (κ1) is 10.8. The number of hydrogen-bond acceptors (Lipinski definition) is 3. The van der Waals surface area contributed by atoms with E-state index in [1.165, 1.54) is 10.9 Å². The smallest absolute Gasteiger partial charge is 0.117 e. The molecule has 3 heteroatoms. The fraction of sp³-hybridized carbons (Fsp3) is 0.286. The van der Waals surface area contributed by atoms with E-state index in [1.807, 2.05) is 0 Å². The molecule has 3 rings (SSSR count). The van der Waals surface area contributed by atoms with Crippen LogP contribution >= 0.6 is 11.8 Å². The number of pyridine rings is 1. The second kappa shape index (κ2) is 4.15. The minimum Gasteiger partial charge on any atom is -0.272 e. The molecule has 0 aliphatic carbocycles. The lowest BCUT2D eigenvalue weighted by atomic mass is 10.1. The third kappa shape index (κ3) is 2.07. The molecular formula is C14H14N2S. The van der Waals surface area contributed by atoms with E-state index >= 15 is 0 Å². The molecule has 17 heavy (non-hydrogen) atoms. The number of thioether (sulfide) groups is 1. The van der Waals surface area contributed by atoms with Crippen LogP contribution in [0.25, 0.3) is 10.9 Å². The molecule has 0 saturated carbocycles. The minimum atomic E-state index is 0.422. The van der Waals surface area contributed by atoms with Crippen LogP contribution in [-0.4, -0.2) is 21.8 Å². The Hall–Kier alpha value is -1.35. The highest BCUT2D eigenvalue weighted by atomic mass is 32.2. The zero-order valence-electron chi connectivity index (χ0n) is 9.97. The van der Waals surface area contributed by atoms with Crippen LogP contribution in [0, 0.1) is 6.92 Å². The van der Waals surface area contributed by atoms with Gasteiger partial charge in [-0.1, -0.05) is 17.7 Å². The van der Waals surface area contributed by atoms with E-state index in [4.69, 9.17) is 0 Å². The molecule has 1 aliphatic heterocycles. The van der Waals surface area contributed by atoms with Crippen LogP contribution in [0.2, 0.25) is 0 Å². The van der Waals surface area contributed by atoms with E-state index < -0.39 is 0 Å². The Morgan fingerprint density at radius 3 is 2.88 bits per heavy atom.